The monoisotopic (exact) mass is 199 g/mol. The van der Waals surface area contributed by atoms with Crippen LogP contribution in [0, 0.1) is 5.41 Å². The summed E-state index contributed by atoms with van der Waals surface area (Å²) in [7, 11) is 0. The maximum atomic E-state index is 11.4. The van der Waals surface area contributed by atoms with Crippen LogP contribution in [0.2, 0.25) is 0 Å². The average molecular weight is 199 g/mol. The molecule has 0 saturated carbocycles. The molecule has 0 aromatic heterocycles. The summed E-state index contributed by atoms with van der Waals surface area (Å²) >= 11 is 0. The third-order valence-corrected chi connectivity index (χ3v) is 2.27. The Balaban J connectivity index is 3.47. The highest BCUT2D eigenvalue weighted by Gasteiger charge is 2.12. The minimum Gasteiger partial charge on any atom is -0.328 e. The number of hydrogen-bond donors (Lipinski definition) is 1. The molecule has 14 heavy (non-hydrogen) atoms. The lowest BCUT2D eigenvalue weighted by atomic mass is 9.89. The van der Waals surface area contributed by atoms with E-state index in [1.807, 2.05) is 6.92 Å². The number of carbonyl (C=O) groups is 1. The Morgan fingerprint density at radius 2 is 1.86 bits per heavy atom. The maximum Gasteiger partial charge on any atom is 0.132 e. The summed E-state index contributed by atoms with van der Waals surface area (Å²) in [5.41, 5.74) is 5.89. The van der Waals surface area contributed by atoms with Crippen LogP contribution < -0.4 is 5.73 Å². The molecule has 0 aliphatic rings. The molecule has 0 aliphatic heterocycles. The molecule has 0 aliphatic carbocycles. The minimum absolute atomic E-state index is 0.227. The van der Waals surface area contributed by atoms with Gasteiger partial charge < -0.3 is 5.73 Å². The molecule has 2 heteroatoms. The van der Waals surface area contributed by atoms with Crippen LogP contribution in [0.25, 0.3) is 0 Å². The number of ketones is 1. The Morgan fingerprint density at radius 1 is 1.29 bits per heavy atom. The molecule has 0 fully saturated rings. The van der Waals surface area contributed by atoms with Gasteiger partial charge in [0.1, 0.15) is 5.78 Å². The van der Waals surface area contributed by atoms with E-state index in [0.29, 0.717) is 12.2 Å². The molecule has 0 heterocycles. The van der Waals surface area contributed by atoms with E-state index in [1.54, 1.807) is 0 Å². The second kappa shape index (κ2) is 6.18. The molecule has 0 saturated heterocycles. The smallest absolute Gasteiger partial charge is 0.132 e. The molecule has 84 valence electrons. The maximum absolute atomic E-state index is 11.4. The van der Waals surface area contributed by atoms with Crippen molar-refractivity contribution < 1.29 is 4.79 Å². The van der Waals surface area contributed by atoms with Crippen LogP contribution >= 0.6 is 0 Å². The van der Waals surface area contributed by atoms with Crippen molar-refractivity contribution in [2.24, 2.45) is 11.1 Å². The lowest BCUT2D eigenvalue weighted by molar-refractivity contribution is -0.119. The first kappa shape index (κ1) is 13.6. The van der Waals surface area contributed by atoms with Crippen molar-refractivity contribution >= 4 is 5.78 Å². The fourth-order valence-electron chi connectivity index (χ4n) is 1.26. The van der Waals surface area contributed by atoms with Gasteiger partial charge in [-0.25, -0.2) is 0 Å². The van der Waals surface area contributed by atoms with Gasteiger partial charge in [-0.2, -0.15) is 0 Å². The number of carbonyl (C=O) groups excluding carboxylic acids is 1. The molecule has 0 spiro atoms. The van der Waals surface area contributed by atoms with E-state index in [0.717, 1.165) is 25.7 Å². The Kier molecular flexibility index (Phi) is 6.01. The second-order valence-corrected chi connectivity index (χ2v) is 5.47. The van der Waals surface area contributed by atoms with Crippen LogP contribution in [0.3, 0.4) is 0 Å². The van der Waals surface area contributed by atoms with E-state index < -0.39 is 0 Å². The van der Waals surface area contributed by atoms with Gasteiger partial charge in [0, 0.05) is 18.9 Å². The van der Waals surface area contributed by atoms with Crippen molar-refractivity contribution in [3.63, 3.8) is 0 Å². The van der Waals surface area contributed by atoms with Gasteiger partial charge >= 0.3 is 0 Å². The van der Waals surface area contributed by atoms with E-state index in [-0.39, 0.29) is 11.5 Å². The fourth-order valence-corrected chi connectivity index (χ4v) is 1.26. The molecule has 2 nitrogen and oxygen atoms in total. The van der Waals surface area contributed by atoms with Gasteiger partial charge in [-0.1, -0.05) is 20.8 Å². The van der Waals surface area contributed by atoms with Gasteiger partial charge in [0.15, 0.2) is 0 Å². The SMILES string of the molecule is CC(N)CCCC(=O)CCC(C)(C)C. The van der Waals surface area contributed by atoms with Crippen LogP contribution in [0.15, 0.2) is 0 Å². The zero-order valence-corrected chi connectivity index (χ0v) is 10.1. The standard InChI is InChI=1S/C12H25NO/c1-10(13)6-5-7-11(14)8-9-12(2,3)4/h10H,5-9,13H2,1-4H3. The summed E-state index contributed by atoms with van der Waals surface area (Å²) in [5.74, 6) is 0.389. The quantitative estimate of drug-likeness (QED) is 0.714. The van der Waals surface area contributed by atoms with E-state index in [2.05, 4.69) is 20.8 Å². The molecular weight excluding hydrogens is 174 g/mol. The zero-order valence-electron chi connectivity index (χ0n) is 10.1. The summed E-state index contributed by atoms with van der Waals surface area (Å²) in [6, 6.07) is 0.227. The van der Waals surface area contributed by atoms with E-state index in [4.69, 9.17) is 5.73 Å². The number of hydrogen-bond acceptors (Lipinski definition) is 2. The van der Waals surface area contributed by atoms with Crippen LogP contribution in [-0.2, 0) is 4.79 Å². The van der Waals surface area contributed by atoms with Gasteiger partial charge in [-0.3, -0.25) is 4.79 Å². The van der Waals surface area contributed by atoms with Crippen molar-refractivity contribution in [3.05, 3.63) is 0 Å². The fraction of sp³-hybridized carbons (Fsp3) is 0.917. The Bertz CT molecular complexity index is 168. The lowest BCUT2D eigenvalue weighted by Gasteiger charge is -2.17. The van der Waals surface area contributed by atoms with Crippen molar-refractivity contribution in [2.75, 3.05) is 0 Å². The molecular formula is C12H25NO. The predicted octanol–water partition coefficient (Wildman–Crippen LogP) is 2.90. The molecule has 1 unspecified atom stereocenters. The first-order valence-electron chi connectivity index (χ1n) is 5.58. The Hall–Kier alpha value is -0.370. The average Bonchev–Trinajstić information content (AvgIpc) is 1.99. The number of rotatable bonds is 6. The van der Waals surface area contributed by atoms with Gasteiger partial charge in [0.05, 0.1) is 0 Å². The summed E-state index contributed by atoms with van der Waals surface area (Å²) in [6.07, 6.45) is 4.33. The number of nitrogens with two attached hydrogens (primary N) is 1. The zero-order chi connectivity index (χ0) is 11.2. The first-order chi connectivity index (χ1) is 6.31. The highest BCUT2D eigenvalue weighted by atomic mass is 16.1. The lowest BCUT2D eigenvalue weighted by Crippen LogP contribution is -2.15. The van der Waals surface area contributed by atoms with E-state index in [1.165, 1.54) is 0 Å². The van der Waals surface area contributed by atoms with Gasteiger partial charge in [-0.05, 0) is 31.6 Å². The summed E-state index contributed by atoms with van der Waals surface area (Å²) in [5, 5.41) is 0. The molecule has 0 bridgehead atoms. The normalized spacial score (nSPS) is 14.1. The minimum atomic E-state index is 0.227. The third-order valence-electron chi connectivity index (χ3n) is 2.27. The van der Waals surface area contributed by atoms with E-state index in [9.17, 15) is 4.79 Å². The molecule has 1 atom stereocenters. The van der Waals surface area contributed by atoms with Gasteiger partial charge in [0.2, 0.25) is 0 Å². The van der Waals surface area contributed by atoms with Crippen LogP contribution in [0.1, 0.15) is 59.8 Å². The molecule has 0 rings (SSSR count). The molecule has 0 aromatic carbocycles. The summed E-state index contributed by atoms with van der Waals surface area (Å²) in [6.45, 7) is 8.49. The van der Waals surface area contributed by atoms with Crippen LogP contribution in [0.5, 0.6) is 0 Å². The van der Waals surface area contributed by atoms with Crippen molar-refractivity contribution in [3.8, 4) is 0 Å². The second-order valence-electron chi connectivity index (χ2n) is 5.47. The topological polar surface area (TPSA) is 43.1 Å². The molecule has 2 N–H and O–H groups in total. The predicted molar refractivity (Wildman–Crippen MR) is 61.2 cm³/mol. The highest BCUT2D eigenvalue weighted by Crippen LogP contribution is 2.21. The summed E-state index contributed by atoms with van der Waals surface area (Å²) in [4.78, 5) is 11.4. The van der Waals surface area contributed by atoms with Crippen LogP contribution in [-0.4, -0.2) is 11.8 Å². The Labute approximate surface area is 88.3 Å². The summed E-state index contributed by atoms with van der Waals surface area (Å²) < 4.78 is 0. The van der Waals surface area contributed by atoms with Crippen LogP contribution in [0.4, 0.5) is 0 Å². The molecule has 0 amide bonds. The highest BCUT2D eigenvalue weighted by molar-refractivity contribution is 5.78. The molecule has 0 radical (unpaired) electrons. The molecule has 0 aromatic rings. The van der Waals surface area contributed by atoms with Gasteiger partial charge in [-0.15, -0.1) is 0 Å². The number of Topliss-reactive ketones (excluding diaryl/α,β-unsaturated/α-hetero) is 1. The van der Waals surface area contributed by atoms with Crippen molar-refractivity contribution in [1.82, 2.24) is 0 Å². The van der Waals surface area contributed by atoms with Crippen molar-refractivity contribution in [1.29, 1.82) is 0 Å². The Morgan fingerprint density at radius 3 is 2.29 bits per heavy atom. The van der Waals surface area contributed by atoms with Gasteiger partial charge in [0.25, 0.3) is 0 Å². The third kappa shape index (κ3) is 9.72. The van der Waals surface area contributed by atoms with E-state index >= 15 is 0 Å². The van der Waals surface area contributed by atoms with Crippen molar-refractivity contribution in [2.45, 2.75) is 65.8 Å². The largest absolute Gasteiger partial charge is 0.328 e. The first-order valence-corrected chi connectivity index (χ1v) is 5.58.